The number of nitrogen functional groups attached to an aromatic ring is 1. The minimum Gasteiger partial charge on any atom is -0.454 e. The van der Waals surface area contributed by atoms with Crippen molar-refractivity contribution < 1.29 is 71.7 Å². The molecule has 0 saturated carbocycles. The minimum atomic E-state index is -5.37. The Hall–Kier alpha value is -2.16. The fraction of sp³-hybridized carbons (Fsp3) is 0.739. The van der Waals surface area contributed by atoms with Gasteiger partial charge >= 0.3 is 21.6 Å². The van der Waals surface area contributed by atoms with E-state index in [2.05, 4.69) is 30.7 Å². The highest BCUT2D eigenvalue weighted by Crippen LogP contribution is 2.60. The molecular weight excluding hydrogens is 648 g/mol. The quantitative estimate of drug-likeness (QED) is 0.0673. The zero-order valence-electron chi connectivity index (χ0n) is 24.0. The summed E-state index contributed by atoms with van der Waals surface area (Å²) < 4.78 is 55.3. The highest BCUT2D eigenvalue weighted by atomic mass is 31.3. The van der Waals surface area contributed by atoms with Crippen LogP contribution in [0.1, 0.15) is 51.7 Å². The molecule has 0 aromatic carbocycles. The average Bonchev–Trinajstić information content (AvgIpc) is 3.61. The molecule has 0 bridgehead atoms. The number of carbonyl (C=O) groups is 1. The number of esters is 1. The molecule has 45 heavy (non-hydrogen) atoms. The number of phosphoric ester groups is 2. The SMILES string of the molecule is CCCCCCCC(=O)O[C@H]1C(O)O[C@H](COP(=O)(O)OP(=O)(O)OC[C@H]2O[C@@H](n3cnc4c(N)ncnc43)[C@H](O)[C@@H]2O)[C@H]1O. The summed E-state index contributed by atoms with van der Waals surface area (Å²) in [6.45, 7) is 0.228. The molecule has 8 N–H and O–H groups in total. The Kier molecular flexibility index (Phi) is 12.0. The third-order valence-electron chi connectivity index (χ3n) is 7.07. The van der Waals surface area contributed by atoms with Gasteiger partial charge in [-0.25, -0.2) is 24.1 Å². The maximum Gasteiger partial charge on any atom is 0.481 e. The van der Waals surface area contributed by atoms with Crippen LogP contribution in [0.2, 0.25) is 0 Å². The third-order valence-corrected chi connectivity index (χ3v) is 9.68. The summed E-state index contributed by atoms with van der Waals surface area (Å²) in [6, 6.07) is 0. The summed E-state index contributed by atoms with van der Waals surface area (Å²) in [5, 5.41) is 41.3. The van der Waals surface area contributed by atoms with Crippen LogP contribution in [0.15, 0.2) is 12.7 Å². The molecule has 2 saturated heterocycles. The van der Waals surface area contributed by atoms with Crippen molar-refractivity contribution in [2.24, 2.45) is 0 Å². The van der Waals surface area contributed by atoms with E-state index in [1.807, 2.05) is 0 Å². The molecular formula is C23H37N5O15P2. The maximum atomic E-state index is 12.4. The molecule has 2 aromatic rings. The lowest BCUT2D eigenvalue weighted by molar-refractivity contribution is -0.173. The smallest absolute Gasteiger partial charge is 0.454 e. The number of imidazole rings is 1. The standard InChI is InChI=1S/C23H37N5O15P2/c1-2-3-4-5-6-7-14(29)42-19-17(31)13(41-23(19)33)9-39-45(36,37)43-44(34,35)38-8-12-16(30)18(32)22(40-12)28-11-27-15-20(24)25-10-26-21(15)28/h10-13,16-19,22-23,30-33H,2-9H2,1H3,(H,34,35)(H,36,37)(H2,24,25,26)/t12-,13-,16-,17-,18-,19-,22-,23?/m1/s1. The van der Waals surface area contributed by atoms with Crippen LogP contribution in [-0.2, 0) is 41.5 Å². The van der Waals surface area contributed by atoms with E-state index in [9.17, 15) is 44.1 Å². The fourth-order valence-corrected chi connectivity index (χ4v) is 6.82. The number of hydrogen-bond acceptors (Lipinski definition) is 17. The predicted octanol–water partition coefficient (Wildman–Crippen LogP) is -0.371. The van der Waals surface area contributed by atoms with Crippen molar-refractivity contribution in [3.8, 4) is 0 Å². The number of hydrogen-bond donors (Lipinski definition) is 7. The Labute approximate surface area is 256 Å². The number of rotatable bonds is 16. The van der Waals surface area contributed by atoms with Gasteiger partial charge in [0.15, 0.2) is 30.1 Å². The molecule has 254 valence electrons. The second-order valence-corrected chi connectivity index (χ2v) is 13.5. The van der Waals surface area contributed by atoms with Crippen LogP contribution in [0.4, 0.5) is 5.82 Å². The van der Waals surface area contributed by atoms with Crippen molar-refractivity contribution in [2.75, 3.05) is 18.9 Å². The van der Waals surface area contributed by atoms with Crippen LogP contribution in [0.3, 0.4) is 0 Å². The Morgan fingerprint density at radius 2 is 1.58 bits per heavy atom. The van der Waals surface area contributed by atoms with Gasteiger partial charge in [-0.15, -0.1) is 0 Å². The molecule has 2 aliphatic rings. The molecule has 10 atom stereocenters. The van der Waals surface area contributed by atoms with E-state index < -0.39 is 84.0 Å². The molecule has 22 heteroatoms. The Bertz CT molecular complexity index is 1400. The van der Waals surface area contributed by atoms with E-state index >= 15 is 0 Å². The Morgan fingerprint density at radius 3 is 2.24 bits per heavy atom. The average molecular weight is 686 g/mol. The number of nitrogens with two attached hydrogens (primary N) is 1. The minimum absolute atomic E-state index is 0.0534. The van der Waals surface area contributed by atoms with Crippen molar-refractivity contribution in [1.82, 2.24) is 19.5 Å². The molecule has 20 nitrogen and oxygen atoms in total. The normalized spacial score (nSPS) is 31.2. The molecule has 3 unspecified atom stereocenters. The molecule has 0 spiro atoms. The van der Waals surface area contributed by atoms with Gasteiger partial charge in [0.25, 0.3) is 0 Å². The van der Waals surface area contributed by atoms with Gasteiger partial charge in [0.05, 0.1) is 19.5 Å². The summed E-state index contributed by atoms with van der Waals surface area (Å²) in [4.78, 5) is 43.9. The topological polar surface area (TPSA) is 298 Å². The number of fused-ring (bicyclic) bond motifs is 1. The van der Waals surface area contributed by atoms with Crippen LogP contribution in [0, 0.1) is 0 Å². The first-order valence-electron chi connectivity index (χ1n) is 14.0. The summed E-state index contributed by atoms with van der Waals surface area (Å²) in [5.74, 6) is -0.626. The fourth-order valence-electron chi connectivity index (χ4n) is 4.73. The highest BCUT2D eigenvalue weighted by molar-refractivity contribution is 7.61. The van der Waals surface area contributed by atoms with Gasteiger partial charge < -0.3 is 50.2 Å². The largest absolute Gasteiger partial charge is 0.481 e. The molecule has 0 aliphatic carbocycles. The maximum absolute atomic E-state index is 12.4. The lowest BCUT2D eigenvalue weighted by Crippen LogP contribution is -2.38. The second-order valence-electron chi connectivity index (χ2n) is 10.4. The molecule has 0 radical (unpaired) electrons. The van der Waals surface area contributed by atoms with Gasteiger partial charge in [-0.3, -0.25) is 18.4 Å². The number of anilines is 1. The van der Waals surface area contributed by atoms with Crippen molar-refractivity contribution in [3.63, 3.8) is 0 Å². The van der Waals surface area contributed by atoms with E-state index in [-0.39, 0.29) is 23.4 Å². The zero-order chi connectivity index (χ0) is 32.9. The van der Waals surface area contributed by atoms with Crippen LogP contribution in [0.25, 0.3) is 11.2 Å². The summed E-state index contributed by atoms with van der Waals surface area (Å²) in [7, 11) is -10.7. The highest BCUT2D eigenvalue weighted by Gasteiger charge is 2.48. The summed E-state index contributed by atoms with van der Waals surface area (Å²) in [5.41, 5.74) is 6.11. The van der Waals surface area contributed by atoms with E-state index in [1.54, 1.807) is 0 Å². The summed E-state index contributed by atoms with van der Waals surface area (Å²) in [6.07, 6.45) is -5.56. The number of aliphatic hydroxyl groups is 4. The van der Waals surface area contributed by atoms with E-state index in [0.29, 0.717) is 6.42 Å². The number of phosphoric acid groups is 2. The number of ether oxygens (including phenoxy) is 3. The van der Waals surface area contributed by atoms with Crippen LogP contribution >= 0.6 is 15.6 Å². The molecule has 2 fully saturated rings. The number of aliphatic hydroxyl groups excluding tert-OH is 4. The molecule has 2 aromatic heterocycles. The van der Waals surface area contributed by atoms with Gasteiger partial charge in [0.1, 0.15) is 42.4 Å². The second kappa shape index (κ2) is 15.2. The van der Waals surface area contributed by atoms with Gasteiger partial charge in [-0.1, -0.05) is 32.6 Å². The van der Waals surface area contributed by atoms with E-state index in [0.717, 1.165) is 32.0 Å². The van der Waals surface area contributed by atoms with Crippen LogP contribution in [0.5, 0.6) is 0 Å². The monoisotopic (exact) mass is 685 g/mol. The van der Waals surface area contributed by atoms with Gasteiger partial charge in [0, 0.05) is 6.42 Å². The van der Waals surface area contributed by atoms with Crippen LogP contribution < -0.4 is 5.73 Å². The molecule has 0 amide bonds. The van der Waals surface area contributed by atoms with Crippen molar-refractivity contribution in [3.05, 3.63) is 12.7 Å². The van der Waals surface area contributed by atoms with E-state index in [1.165, 1.54) is 10.9 Å². The number of carbonyl (C=O) groups excluding carboxylic acids is 1. The number of unbranched alkanes of at least 4 members (excludes halogenated alkanes) is 4. The third kappa shape index (κ3) is 9.01. The van der Waals surface area contributed by atoms with Gasteiger partial charge in [-0.05, 0) is 6.42 Å². The first-order valence-corrected chi connectivity index (χ1v) is 17.0. The van der Waals surface area contributed by atoms with Crippen LogP contribution in [-0.4, -0.2) is 112 Å². The lowest BCUT2D eigenvalue weighted by atomic mass is 10.1. The predicted molar refractivity (Wildman–Crippen MR) is 148 cm³/mol. The molecule has 4 heterocycles. The Balaban J connectivity index is 1.25. The lowest BCUT2D eigenvalue weighted by Gasteiger charge is -2.21. The molecule has 4 rings (SSSR count). The van der Waals surface area contributed by atoms with E-state index in [4.69, 9.17) is 24.5 Å². The number of aromatic nitrogens is 4. The first kappa shape index (κ1) is 35.7. The van der Waals surface area contributed by atoms with Crippen molar-refractivity contribution in [2.45, 2.75) is 94.6 Å². The number of nitrogens with zero attached hydrogens (tertiary/aromatic N) is 4. The molecule has 2 aliphatic heterocycles. The zero-order valence-corrected chi connectivity index (χ0v) is 25.8. The Morgan fingerprint density at radius 1 is 0.933 bits per heavy atom. The summed E-state index contributed by atoms with van der Waals surface area (Å²) >= 11 is 0. The van der Waals surface area contributed by atoms with Gasteiger partial charge in [-0.2, -0.15) is 4.31 Å². The van der Waals surface area contributed by atoms with Crippen molar-refractivity contribution in [1.29, 1.82) is 0 Å². The van der Waals surface area contributed by atoms with Gasteiger partial charge in [0.2, 0.25) is 0 Å². The first-order chi connectivity index (χ1) is 21.2. The van der Waals surface area contributed by atoms with Crippen molar-refractivity contribution >= 4 is 38.6 Å².